The molecular formula is C6H5N2O3. The first kappa shape index (κ1) is 7.46. The summed E-state index contributed by atoms with van der Waals surface area (Å²) in [5.41, 5.74) is 5.16. The van der Waals surface area contributed by atoms with Crippen molar-refractivity contribution in [3.63, 3.8) is 0 Å². The summed E-state index contributed by atoms with van der Waals surface area (Å²) >= 11 is 0. The lowest BCUT2D eigenvalue weighted by Crippen LogP contribution is -2.12. The van der Waals surface area contributed by atoms with Gasteiger partial charge in [-0.05, 0) is 6.92 Å². The monoisotopic (exact) mass is 153 g/mol. The molecule has 0 aliphatic heterocycles. The van der Waals surface area contributed by atoms with E-state index in [0.29, 0.717) is 5.69 Å². The van der Waals surface area contributed by atoms with Crippen LogP contribution in [-0.4, -0.2) is 17.4 Å². The van der Waals surface area contributed by atoms with E-state index in [1.165, 1.54) is 13.2 Å². The molecule has 1 amide bonds. The van der Waals surface area contributed by atoms with E-state index >= 15 is 0 Å². The average molecular weight is 153 g/mol. The number of hydrogen-bond donors (Lipinski definition) is 1. The Morgan fingerprint density at radius 1 is 1.73 bits per heavy atom. The molecule has 0 saturated carbocycles. The zero-order valence-electron chi connectivity index (χ0n) is 5.75. The van der Waals surface area contributed by atoms with Gasteiger partial charge in [-0.1, -0.05) is 5.16 Å². The van der Waals surface area contributed by atoms with Gasteiger partial charge in [0.1, 0.15) is 5.56 Å². The molecule has 2 N–H and O–H groups in total. The van der Waals surface area contributed by atoms with E-state index < -0.39 is 5.91 Å². The second-order valence-corrected chi connectivity index (χ2v) is 1.94. The Kier molecular flexibility index (Phi) is 1.72. The molecule has 1 rings (SSSR count). The number of rotatable bonds is 2. The van der Waals surface area contributed by atoms with Crippen molar-refractivity contribution in [1.82, 2.24) is 5.16 Å². The number of aromatic nitrogens is 1. The number of carbonyl (C=O) groups is 1. The van der Waals surface area contributed by atoms with Gasteiger partial charge in [0.25, 0.3) is 5.91 Å². The van der Waals surface area contributed by atoms with Gasteiger partial charge in [-0.25, -0.2) is 0 Å². The Balaban J connectivity index is 3.26. The fraction of sp³-hybridized carbons (Fsp3) is 0.167. The molecule has 0 aliphatic rings. The van der Waals surface area contributed by atoms with E-state index in [1.807, 2.05) is 0 Å². The van der Waals surface area contributed by atoms with Crippen LogP contribution in [0.5, 0.6) is 0 Å². The van der Waals surface area contributed by atoms with Crippen molar-refractivity contribution in [2.75, 3.05) is 0 Å². The molecule has 1 aromatic heterocycles. The third kappa shape index (κ3) is 1.12. The lowest BCUT2D eigenvalue weighted by Gasteiger charge is -1.84. The van der Waals surface area contributed by atoms with Gasteiger partial charge < -0.3 is 10.3 Å². The zero-order valence-corrected chi connectivity index (χ0v) is 5.75. The maximum Gasteiger partial charge on any atom is 0.288 e. The number of nitrogens with zero attached hydrogens (tertiary/aromatic N) is 1. The summed E-state index contributed by atoms with van der Waals surface area (Å²) < 4.78 is 4.46. The first-order chi connectivity index (χ1) is 5.16. The SMILES string of the molecule is Cc1noc(C(N)=O)c1[C]=O. The van der Waals surface area contributed by atoms with Crippen LogP contribution in [0.1, 0.15) is 21.8 Å². The molecular weight excluding hydrogens is 148 g/mol. The lowest BCUT2D eigenvalue weighted by molar-refractivity contribution is 0.0964. The fourth-order valence-corrected chi connectivity index (χ4v) is 0.658. The predicted octanol–water partition coefficient (Wildman–Crippen LogP) is -0.460. The standard InChI is InChI=1S/C6H5N2O3/c1-3-4(2-9)5(6(7)10)11-8-3/h1H3,(H2,7,10). The molecule has 57 valence electrons. The molecule has 0 atom stereocenters. The Hall–Kier alpha value is -1.65. The second kappa shape index (κ2) is 2.53. The number of aryl methyl sites for hydroxylation is 1. The van der Waals surface area contributed by atoms with Gasteiger partial charge in [-0.3, -0.25) is 9.59 Å². The normalized spacial score (nSPS) is 9.55. The van der Waals surface area contributed by atoms with Gasteiger partial charge in [-0.15, -0.1) is 0 Å². The van der Waals surface area contributed by atoms with Crippen LogP contribution in [0.4, 0.5) is 0 Å². The largest absolute Gasteiger partial charge is 0.363 e. The highest BCUT2D eigenvalue weighted by Gasteiger charge is 2.17. The van der Waals surface area contributed by atoms with Crippen LogP contribution >= 0.6 is 0 Å². The number of carbonyl (C=O) groups excluding carboxylic acids is 2. The topological polar surface area (TPSA) is 86.2 Å². The average Bonchev–Trinajstić information content (AvgIpc) is 2.30. The van der Waals surface area contributed by atoms with Crippen molar-refractivity contribution in [2.45, 2.75) is 6.92 Å². The molecule has 0 saturated heterocycles. The first-order valence-corrected chi connectivity index (χ1v) is 2.81. The number of primary amides is 1. The Morgan fingerprint density at radius 3 is 2.73 bits per heavy atom. The molecule has 0 aromatic carbocycles. The van der Waals surface area contributed by atoms with Crippen LogP contribution in [0.3, 0.4) is 0 Å². The number of amides is 1. The lowest BCUT2D eigenvalue weighted by atomic mass is 10.2. The summed E-state index contributed by atoms with van der Waals surface area (Å²) in [6.07, 6.45) is 1.52. The van der Waals surface area contributed by atoms with Crippen LogP contribution in [0.2, 0.25) is 0 Å². The van der Waals surface area contributed by atoms with Crippen molar-refractivity contribution in [2.24, 2.45) is 5.73 Å². The molecule has 5 nitrogen and oxygen atoms in total. The quantitative estimate of drug-likeness (QED) is 0.622. The van der Waals surface area contributed by atoms with E-state index in [2.05, 4.69) is 9.68 Å². The van der Waals surface area contributed by atoms with Gasteiger partial charge in [0.2, 0.25) is 12.0 Å². The van der Waals surface area contributed by atoms with E-state index in [4.69, 9.17) is 5.73 Å². The van der Waals surface area contributed by atoms with Crippen LogP contribution in [0, 0.1) is 6.92 Å². The minimum absolute atomic E-state index is 0.00231. The van der Waals surface area contributed by atoms with Crippen molar-refractivity contribution < 1.29 is 14.1 Å². The molecule has 0 bridgehead atoms. The van der Waals surface area contributed by atoms with Crippen molar-refractivity contribution >= 4 is 12.2 Å². The summed E-state index contributed by atoms with van der Waals surface area (Å²) in [5.74, 6) is -1.05. The summed E-state index contributed by atoms with van der Waals surface area (Å²) in [7, 11) is 0. The maximum atomic E-state index is 10.5. The van der Waals surface area contributed by atoms with Crippen LogP contribution in [0.25, 0.3) is 0 Å². The van der Waals surface area contributed by atoms with Gasteiger partial charge in [-0.2, -0.15) is 0 Å². The highest BCUT2D eigenvalue weighted by Crippen LogP contribution is 2.08. The van der Waals surface area contributed by atoms with Crippen LogP contribution in [0.15, 0.2) is 4.52 Å². The van der Waals surface area contributed by atoms with Crippen LogP contribution in [-0.2, 0) is 4.79 Å². The molecule has 0 aliphatic carbocycles. The molecule has 11 heavy (non-hydrogen) atoms. The molecule has 1 heterocycles. The highest BCUT2D eigenvalue weighted by atomic mass is 16.5. The Morgan fingerprint density at radius 2 is 2.36 bits per heavy atom. The van der Waals surface area contributed by atoms with Gasteiger partial charge >= 0.3 is 0 Å². The number of hydrogen-bond acceptors (Lipinski definition) is 4. The van der Waals surface area contributed by atoms with Crippen molar-refractivity contribution in [3.8, 4) is 0 Å². The minimum Gasteiger partial charge on any atom is -0.363 e. The van der Waals surface area contributed by atoms with Gasteiger partial charge in [0, 0.05) is 0 Å². The first-order valence-electron chi connectivity index (χ1n) is 2.81. The smallest absolute Gasteiger partial charge is 0.288 e. The Labute approximate surface area is 62.2 Å². The third-order valence-electron chi connectivity index (χ3n) is 1.19. The molecule has 0 unspecified atom stereocenters. The molecule has 5 heteroatoms. The minimum atomic E-state index is -0.816. The maximum absolute atomic E-state index is 10.5. The van der Waals surface area contributed by atoms with E-state index in [1.54, 1.807) is 0 Å². The summed E-state index contributed by atoms with van der Waals surface area (Å²) in [4.78, 5) is 20.7. The third-order valence-corrected chi connectivity index (χ3v) is 1.19. The molecule has 0 spiro atoms. The molecule has 1 aromatic rings. The summed E-state index contributed by atoms with van der Waals surface area (Å²) in [6, 6.07) is 0. The second-order valence-electron chi connectivity index (χ2n) is 1.94. The van der Waals surface area contributed by atoms with Crippen LogP contribution < -0.4 is 5.73 Å². The summed E-state index contributed by atoms with van der Waals surface area (Å²) in [6.45, 7) is 1.52. The Bertz CT molecular complexity index is 303. The summed E-state index contributed by atoms with van der Waals surface area (Å²) in [5, 5.41) is 3.37. The van der Waals surface area contributed by atoms with E-state index in [0.717, 1.165) is 0 Å². The van der Waals surface area contributed by atoms with Gasteiger partial charge in [0.05, 0.1) is 5.69 Å². The predicted molar refractivity (Wildman–Crippen MR) is 34.6 cm³/mol. The van der Waals surface area contributed by atoms with Crippen molar-refractivity contribution in [3.05, 3.63) is 17.0 Å². The molecule has 1 radical (unpaired) electrons. The van der Waals surface area contributed by atoms with Gasteiger partial charge in [0.15, 0.2) is 0 Å². The van der Waals surface area contributed by atoms with E-state index in [-0.39, 0.29) is 11.3 Å². The van der Waals surface area contributed by atoms with E-state index in [9.17, 15) is 9.59 Å². The molecule has 0 fully saturated rings. The van der Waals surface area contributed by atoms with Crippen molar-refractivity contribution in [1.29, 1.82) is 0 Å². The zero-order chi connectivity index (χ0) is 8.43. The number of nitrogens with two attached hydrogens (primary N) is 1. The highest BCUT2D eigenvalue weighted by molar-refractivity contribution is 5.98. The fourth-order valence-electron chi connectivity index (χ4n) is 0.658.